The van der Waals surface area contributed by atoms with E-state index in [2.05, 4.69) is 86.6 Å². The zero-order chi connectivity index (χ0) is 15.1. The Morgan fingerprint density at radius 1 is 0.739 bits per heavy atom. The molecule has 0 spiro atoms. The minimum absolute atomic E-state index is 0. The molecule has 0 aliphatic heterocycles. The van der Waals surface area contributed by atoms with Gasteiger partial charge in [0.05, 0.1) is 0 Å². The Hall–Kier alpha value is -1.87. The molecule has 108 valence electrons. The van der Waals surface area contributed by atoms with Gasteiger partial charge in [-0.05, 0) is 22.3 Å². The van der Waals surface area contributed by atoms with E-state index in [1.165, 1.54) is 38.2 Å². The third-order valence-electron chi connectivity index (χ3n) is 4.52. The second-order valence-electron chi connectivity index (χ2n) is 6.28. The molecule has 0 aromatic heterocycles. The van der Waals surface area contributed by atoms with Gasteiger partial charge in [-0.2, -0.15) is 6.07 Å². The minimum atomic E-state index is 0. The van der Waals surface area contributed by atoms with E-state index in [0.29, 0.717) is 5.92 Å². The molecule has 0 unspecified atom stereocenters. The van der Waals surface area contributed by atoms with Gasteiger partial charge in [-0.1, -0.05) is 67.9 Å². The van der Waals surface area contributed by atoms with E-state index in [1.54, 1.807) is 0 Å². The quantitative estimate of drug-likeness (QED) is 0.391. The zero-order valence-electron chi connectivity index (χ0n) is 14.0. The van der Waals surface area contributed by atoms with Crippen LogP contribution >= 0.6 is 0 Å². The van der Waals surface area contributed by atoms with E-state index in [0.717, 1.165) is 0 Å². The van der Waals surface area contributed by atoms with Gasteiger partial charge in [0, 0.05) is 0 Å². The van der Waals surface area contributed by atoms with Crippen LogP contribution in [0.15, 0.2) is 72.8 Å². The van der Waals surface area contributed by atoms with Crippen LogP contribution in [0.2, 0.25) is 0 Å². The molecule has 0 radical (unpaired) electrons. The molecule has 0 nitrogen and oxygen atoms in total. The third kappa shape index (κ3) is 2.74. The molecule has 4 rings (SSSR count). The fourth-order valence-corrected chi connectivity index (χ4v) is 3.29. The molecular formula is C22H19Li. The molecule has 4 aromatic carbocycles. The molecule has 0 fully saturated rings. The average Bonchev–Trinajstić information content (AvgIpc) is 2.99. The van der Waals surface area contributed by atoms with Crippen molar-refractivity contribution >= 4 is 21.5 Å². The van der Waals surface area contributed by atoms with Crippen LogP contribution in [0.3, 0.4) is 0 Å². The molecule has 0 saturated carbocycles. The second-order valence-corrected chi connectivity index (χ2v) is 6.28. The van der Waals surface area contributed by atoms with Crippen molar-refractivity contribution in [3.05, 3.63) is 78.4 Å². The van der Waals surface area contributed by atoms with Crippen molar-refractivity contribution in [1.82, 2.24) is 0 Å². The number of benzene rings is 3. The van der Waals surface area contributed by atoms with Gasteiger partial charge in [-0.3, -0.25) is 0 Å². The molecule has 0 amide bonds. The average molecular weight is 290 g/mol. The van der Waals surface area contributed by atoms with E-state index in [9.17, 15) is 0 Å². The molecule has 0 atom stereocenters. The zero-order valence-corrected chi connectivity index (χ0v) is 14.0. The van der Waals surface area contributed by atoms with E-state index >= 15 is 0 Å². The molecular weight excluding hydrogens is 271 g/mol. The molecule has 1 heteroatoms. The molecule has 0 saturated heterocycles. The van der Waals surface area contributed by atoms with Gasteiger partial charge in [-0.15, -0.1) is 34.5 Å². The summed E-state index contributed by atoms with van der Waals surface area (Å²) < 4.78 is 0. The first-order valence-electron chi connectivity index (χ1n) is 7.91. The summed E-state index contributed by atoms with van der Waals surface area (Å²) >= 11 is 0. The summed E-state index contributed by atoms with van der Waals surface area (Å²) in [7, 11) is 0. The number of hydrogen-bond acceptors (Lipinski definition) is 0. The number of rotatable bonds is 2. The van der Waals surface area contributed by atoms with Gasteiger partial charge >= 0.3 is 18.9 Å². The second kappa shape index (κ2) is 6.32. The van der Waals surface area contributed by atoms with Gasteiger partial charge in [0.25, 0.3) is 0 Å². The first-order valence-corrected chi connectivity index (χ1v) is 7.91. The van der Waals surface area contributed by atoms with E-state index in [-0.39, 0.29) is 18.9 Å². The van der Waals surface area contributed by atoms with Crippen LogP contribution in [0, 0.1) is 0 Å². The van der Waals surface area contributed by atoms with E-state index in [4.69, 9.17) is 0 Å². The Morgan fingerprint density at radius 3 is 2.17 bits per heavy atom. The number of hydrogen-bond donors (Lipinski definition) is 0. The molecule has 4 aromatic rings. The molecule has 0 aliphatic rings. The maximum Gasteiger partial charge on any atom is 1.00 e. The Morgan fingerprint density at radius 2 is 1.39 bits per heavy atom. The van der Waals surface area contributed by atoms with E-state index < -0.39 is 0 Å². The Kier molecular flexibility index (Phi) is 4.40. The van der Waals surface area contributed by atoms with Crippen molar-refractivity contribution in [2.75, 3.05) is 0 Å². The van der Waals surface area contributed by atoms with Crippen LogP contribution in [0.4, 0.5) is 0 Å². The van der Waals surface area contributed by atoms with Gasteiger partial charge < -0.3 is 0 Å². The Balaban J connectivity index is 0.00000156. The van der Waals surface area contributed by atoms with Gasteiger partial charge in [0.15, 0.2) is 0 Å². The largest absolute Gasteiger partial charge is 1.00 e. The molecule has 0 N–H and O–H groups in total. The Labute approximate surface area is 149 Å². The summed E-state index contributed by atoms with van der Waals surface area (Å²) in [4.78, 5) is 0. The SMILES string of the molecule is CC(C)c1cc2c(-c3cccc4ccccc34)cccc2[cH-]1.[Li+]. The first-order chi connectivity index (χ1) is 10.7. The minimum Gasteiger partial charge on any atom is -0.164 e. The predicted octanol–water partition coefficient (Wildman–Crippen LogP) is 3.51. The molecule has 23 heavy (non-hydrogen) atoms. The Bertz CT molecular complexity index is 955. The maximum absolute atomic E-state index is 2.36. The topological polar surface area (TPSA) is 0 Å². The molecule has 0 heterocycles. The maximum atomic E-state index is 2.36. The van der Waals surface area contributed by atoms with Gasteiger partial charge in [0.2, 0.25) is 0 Å². The third-order valence-corrected chi connectivity index (χ3v) is 4.52. The first kappa shape index (κ1) is 16.0. The molecule has 0 bridgehead atoms. The van der Waals surface area contributed by atoms with Crippen molar-refractivity contribution in [1.29, 1.82) is 0 Å². The van der Waals surface area contributed by atoms with Crippen molar-refractivity contribution in [2.45, 2.75) is 19.8 Å². The summed E-state index contributed by atoms with van der Waals surface area (Å²) in [6, 6.07) is 26.5. The predicted molar refractivity (Wildman–Crippen MR) is 96.6 cm³/mol. The fourth-order valence-electron chi connectivity index (χ4n) is 3.29. The van der Waals surface area contributed by atoms with Gasteiger partial charge in [0.1, 0.15) is 0 Å². The van der Waals surface area contributed by atoms with Crippen LogP contribution in [-0.4, -0.2) is 0 Å². The number of fused-ring (bicyclic) bond motifs is 2. The summed E-state index contributed by atoms with van der Waals surface area (Å²) in [6.07, 6.45) is 0. The fraction of sp³-hybridized carbons (Fsp3) is 0.136. The van der Waals surface area contributed by atoms with Crippen LogP contribution < -0.4 is 18.9 Å². The van der Waals surface area contributed by atoms with Crippen molar-refractivity contribution in [3.63, 3.8) is 0 Å². The van der Waals surface area contributed by atoms with Crippen LogP contribution in [0.25, 0.3) is 32.7 Å². The molecule has 0 aliphatic carbocycles. The van der Waals surface area contributed by atoms with Crippen molar-refractivity contribution in [3.8, 4) is 11.1 Å². The van der Waals surface area contributed by atoms with Crippen molar-refractivity contribution < 1.29 is 18.9 Å². The van der Waals surface area contributed by atoms with E-state index in [1.807, 2.05) is 0 Å². The van der Waals surface area contributed by atoms with Crippen LogP contribution in [0.5, 0.6) is 0 Å². The summed E-state index contributed by atoms with van der Waals surface area (Å²) in [5.41, 5.74) is 4.08. The normalized spacial score (nSPS) is 11.1. The van der Waals surface area contributed by atoms with Crippen LogP contribution in [0.1, 0.15) is 25.3 Å². The summed E-state index contributed by atoms with van der Waals surface area (Å²) in [6.45, 7) is 4.51. The van der Waals surface area contributed by atoms with Crippen LogP contribution in [-0.2, 0) is 0 Å². The van der Waals surface area contributed by atoms with Crippen molar-refractivity contribution in [2.24, 2.45) is 0 Å². The summed E-state index contributed by atoms with van der Waals surface area (Å²) in [5, 5.41) is 5.33. The van der Waals surface area contributed by atoms with Gasteiger partial charge in [-0.25, -0.2) is 0 Å². The standard InChI is InChI=1S/C22H19.Li/c1-15(2)18-13-17-9-6-12-21(22(17)14-18)20-11-5-8-16-7-3-4-10-19(16)20;/h3-15H,1-2H3;/q-1;+1. The summed E-state index contributed by atoms with van der Waals surface area (Å²) in [5.74, 6) is 0.563. The smallest absolute Gasteiger partial charge is 0.164 e. The monoisotopic (exact) mass is 290 g/mol.